The van der Waals surface area contributed by atoms with Gasteiger partial charge in [0.2, 0.25) is 0 Å². The molecule has 27 heavy (non-hydrogen) atoms. The van der Waals surface area contributed by atoms with Gasteiger partial charge < -0.3 is 10.1 Å². The number of rotatable bonds is 5. The fourth-order valence-corrected chi connectivity index (χ4v) is 2.52. The number of benzene rings is 3. The highest BCUT2D eigenvalue weighted by molar-refractivity contribution is 5.94. The summed E-state index contributed by atoms with van der Waals surface area (Å²) in [7, 11) is 0. The van der Waals surface area contributed by atoms with Gasteiger partial charge >= 0.3 is 0 Å². The first-order valence-electron chi connectivity index (χ1n) is 8.39. The number of amides is 1. The molecule has 3 rings (SSSR count). The lowest BCUT2D eigenvalue weighted by atomic mass is 10.0. The Balaban J connectivity index is 1.64. The first kappa shape index (κ1) is 18.2. The molecule has 1 atom stereocenters. The van der Waals surface area contributed by atoms with Crippen molar-refractivity contribution >= 4 is 11.6 Å². The molecule has 0 saturated carbocycles. The predicted octanol–water partition coefficient (Wildman–Crippen LogP) is 4.77. The van der Waals surface area contributed by atoms with E-state index < -0.39 is 17.8 Å². The number of ether oxygens (including phenoxy) is 1. The lowest BCUT2D eigenvalue weighted by molar-refractivity contribution is -0.122. The number of nitrogens with zero attached hydrogens (tertiary/aromatic N) is 1. The van der Waals surface area contributed by atoms with Crippen molar-refractivity contribution in [3.8, 4) is 22.9 Å². The summed E-state index contributed by atoms with van der Waals surface area (Å²) in [5, 5.41) is 11.4. The van der Waals surface area contributed by atoms with Gasteiger partial charge in [-0.2, -0.15) is 5.26 Å². The zero-order valence-electron chi connectivity index (χ0n) is 14.6. The van der Waals surface area contributed by atoms with Gasteiger partial charge in [0.05, 0.1) is 17.3 Å². The van der Waals surface area contributed by atoms with E-state index in [0.717, 1.165) is 11.1 Å². The van der Waals surface area contributed by atoms with E-state index in [1.807, 2.05) is 24.3 Å². The summed E-state index contributed by atoms with van der Waals surface area (Å²) in [6.07, 6.45) is -0.787. The minimum absolute atomic E-state index is 0.120. The minimum atomic E-state index is -0.787. The third kappa shape index (κ3) is 4.50. The Kier molecular flexibility index (Phi) is 5.48. The van der Waals surface area contributed by atoms with Gasteiger partial charge in [-0.1, -0.05) is 36.4 Å². The minimum Gasteiger partial charge on any atom is -0.481 e. The monoisotopic (exact) mass is 360 g/mol. The maximum Gasteiger partial charge on any atom is 0.265 e. The average molecular weight is 360 g/mol. The van der Waals surface area contributed by atoms with Crippen LogP contribution in [0.25, 0.3) is 11.1 Å². The molecule has 1 N–H and O–H groups in total. The lowest BCUT2D eigenvalue weighted by Gasteiger charge is -2.15. The Bertz CT molecular complexity index is 976. The first-order chi connectivity index (χ1) is 13.1. The summed E-state index contributed by atoms with van der Waals surface area (Å²) in [5.41, 5.74) is 2.67. The second kappa shape index (κ2) is 8.15. The van der Waals surface area contributed by atoms with Crippen molar-refractivity contribution in [2.75, 3.05) is 5.32 Å². The maximum absolute atomic E-state index is 13.6. The van der Waals surface area contributed by atoms with Crippen LogP contribution in [-0.4, -0.2) is 12.0 Å². The second-order valence-corrected chi connectivity index (χ2v) is 5.94. The summed E-state index contributed by atoms with van der Waals surface area (Å²) >= 11 is 0. The summed E-state index contributed by atoms with van der Waals surface area (Å²) in [6.45, 7) is 1.60. The predicted molar refractivity (Wildman–Crippen MR) is 102 cm³/mol. The van der Waals surface area contributed by atoms with Crippen molar-refractivity contribution in [1.82, 2.24) is 0 Å². The highest BCUT2D eigenvalue weighted by Gasteiger charge is 2.16. The molecule has 0 unspecified atom stereocenters. The van der Waals surface area contributed by atoms with Crippen LogP contribution in [0.1, 0.15) is 12.5 Å². The number of nitriles is 1. The Morgan fingerprint density at radius 1 is 1.00 bits per heavy atom. The number of hydrogen-bond acceptors (Lipinski definition) is 3. The Hall–Kier alpha value is -3.65. The van der Waals surface area contributed by atoms with Crippen LogP contribution in [0.15, 0.2) is 72.8 Å². The van der Waals surface area contributed by atoms with E-state index in [4.69, 9.17) is 10.00 Å². The van der Waals surface area contributed by atoms with Gasteiger partial charge in [-0.3, -0.25) is 4.79 Å². The van der Waals surface area contributed by atoms with E-state index in [0.29, 0.717) is 11.3 Å². The number of anilines is 1. The standard InChI is InChI=1S/C22H17FN2O2/c1-15(22(26)25-21-5-3-2-4-20(21)23)27-19-12-10-18(11-13-19)17-8-6-16(14-24)7-9-17/h2-13,15H,1H3,(H,25,26)/t15-/m1/s1. The molecular formula is C22H17FN2O2. The lowest BCUT2D eigenvalue weighted by Crippen LogP contribution is -2.30. The van der Waals surface area contributed by atoms with Gasteiger partial charge in [0.1, 0.15) is 11.6 Å². The first-order valence-corrected chi connectivity index (χ1v) is 8.39. The normalized spacial score (nSPS) is 11.3. The highest BCUT2D eigenvalue weighted by Crippen LogP contribution is 2.23. The second-order valence-electron chi connectivity index (χ2n) is 5.94. The van der Waals surface area contributed by atoms with E-state index in [-0.39, 0.29) is 5.69 Å². The maximum atomic E-state index is 13.6. The van der Waals surface area contributed by atoms with E-state index in [9.17, 15) is 9.18 Å². The molecule has 0 fully saturated rings. The van der Waals surface area contributed by atoms with Gasteiger partial charge in [0, 0.05) is 0 Å². The Morgan fingerprint density at radius 2 is 1.59 bits per heavy atom. The summed E-state index contributed by atoms with van der Waals surface area (Å²) in [4.78, 5) is 12.2. The molecule has 0 saturated heterocycles. The molecule has 0 heterocycles. The molecule has 5 heteroatoms. The molecule has 3 aromatic rings. The molecule has 0 aliphatic rings. The molecule has 0 radical (unpaired) electrons. The highest BCUT2D eigenvalue weighted by atomic mass is 19.1. The number of para-hydroxylation sites is 1. The number of halogens is 1. The molecule has 3 aromatic carbocycles. The molecule has 134 valence electrons. The summed E-state index contributed by atoms with van der Waals surface area (Å²) in [6, 6.07) is 22.6. The molecule has 0 bridgehead atoms. The van der Waals surface area contributed by atoms with E-state index in [1.54, 1.807) is 43.3 Å². The summed E-state index contributed by atoms with van der Waals surface area (Å²) < 4.78 is 19.3. The fraction of sp³-hybridized carbons (Fsp3) is 0.0909. The van der Waals surface area contributed by atoms with Gasteiger partial charge in [-0.25, -0.2) is 4.39 Å². The molecule has 4 nitrogen and oxygen atoms in total. The average Bonchev–Trinajstić information content (AvgIpc) is 2.70. The molecule has 0 aliphatic heterocycles. The third-order valence-electron chi connectivity index (χ3n) is 4.02. The SMILES string of the molecule is C[C@@H](Oc1ccc(-c2ccc(C#N)cc2)cc1)C(=O)Nc1ccccc1F. The number of carbonyl (C=O) groups excluding carboxylic acids is 1. The van der Waals surface area contributed by atoms with Crippen molar-refractivity contribution < 1.29 is 13.9 Å². The van der Waals surface area contributed by atoms with E-state index in [1.165, 1.54) is 12.1 Å². The van der Waals surface area contributed by atoms with Crippen LogP contribution in [0.3, 0.4) is 0 Å². The van der Waals surface area contributed by atoms with Crippen LogP contribution in [0.4, 0.5) is 10.1 Å². The van der Waals surface area contributed by atoms with Crippen LogP contribution in [0, 0.1) is 17.1 Å². The molecule has 0 spiro atoms. The van der Waals surface area contributed by atoms with Crippen molar-refractivity contribution in [3.05, 3.63) is 84.2 Å². The largest absolute Gasteiger partial charge is 0.481 e. The van der Waals surface area contributed by atoms with Crippen molar-refractivity contribution in [1.29, 1.82) is 5.26 Å². The van der Waals surface area contributed by atoms with Gasteiger partial charge in [0.15, 0.2) is 6.10 Å². The van der Waals surface area contributed by atoms with Gasteiger partial charge in [0.25, 0.3) is 5.91 Å². The third-order valence-corrected chi connectivity index (χ3v) is 4.02. The summed E-state index contributed by atoms with van der Waals surface area (Å²) in [5.74, 6) is -0.398. The van der Waals surface area contributed by atoms with Crippen molar-refractivity contribution in [3.63, 3.8) is 0 Å². The van der Waals surface area contributed by atoms with E-state index in [2.05, 4.69) is 11.4 Å². The van der Waals surface area contributed by atoms with Gasteiger partial charge in [-0.05, 0) is 54.4 Å². The van der Waals surface area contributed by atoms with Crippen LogP contribution >= 0.6 is 0 Å². The van der Waals surface area contributed by atoms with Gasteiger partial charge in [-0.15, -0.1) is 0 Å². The topological polar surface area (TPSA) is 62.1 Å². The van der Waals surface area contributed by atoms with Crippen molar-refractivity contribution in [2.45, 2.75) is 13.0 Å². The molecule has 1 amide bonds. The van der Waals surface area contributed by atoms with Crippen molar-refractivity contribution in [2.24, 2.45) is 0 Å². The quantitative estimate of drug-likeness (QED) is 0.713. The number of hydrogen-bond donors (Lipinski definition) is 1. The molecular weight excluding hydrogens is 343 g/mol. The molecule has 0 aromatic heterocycles. The molecule has 0 aliphatic carbocycles. The van der Waals surface area contributed by atoms with Crippen LogP contribution in [-0.2, 0) is 4.79 Å². The fourth-order valence-electron chi connectivity index (χ4n) is 2.52. The number of carbonyl (C=O) groups is 1. The van der Waals surface area contributed by atoms with Crippen LogP contribution < -0.4 is 10.1 Å². The Labute approximate surface area is 156 Å². The Morgan fingerprint density at radius 3 is 2.19 bits per heavy atom. The zero-order valence-corrected chi connectivity index (χ0v) is 14.6. The van der Waals surface area contributed by atoms with E-state index >= 15 is 0 Å². The smallest absolute Gasteiger partial charge is 0.265 e. The van der Waals surface area contributed by atoms with Crippen LogP contribution in [0.5, 0.6) is 5.75 Å². The van der Waals surface area contributed by atoms with Crippen LogP contribution in [0.2, 0.25) is 0 Å². The zero-order chi connectivity index (χ0) is 19.2. The number of nitrogens with one attached hydrogen (secondary N) is 1.